The van der Waals surface area contributed by atoms with Crippen molar-refractivity contribution in [3.63, 3.8) is 0 Å². The van der Waals surface area contributed by atoms with Gasteiger partial charge in [0, 0.05) is 17.0 Å². The van der Waals surface area contributed by atoms with E-state index in [2.05, 4.69) is 10.1 Å². The molecule has 7 nitrogen and oxygen atoms in total. The molecule has 30 heavy (non-hydrogen) atoms. The molecule has 9 heteroatoms. The van der Waals surface area contributed by atoms with Crippen LogP contribution in [0.15, 0.2) is 52.1 Å². The van der Waals surface area contributed by atoms with E-state index in [1.54, 1.807) is 62.8 Å². The van der Waals surface area contributed by atoms with Gasteiger partial charge in [-0.25, -0.2) is 0 Å². The molecule has 0 bridgehead atoms. The van der Waals surface area contributed by atoms with Crippen LogP contribution >= 0.6 is 22.9 Å². The summed E-state index contributed by atoms with van der Waals surface area (Å²) in [4.78, 5) is 29.6. The maximum Gasteiger partial charge on any atom is 0.296 e. The maximum absolute atomic E-state index is 12.9. The van der Waals surface area contributed by atoms with Crippen molar-refractivity contribution in [1.82, 2.24) is 14.6 Å². The third-order valence-corrected chi connectivity index (χ3v) is 5.67. The summed E-state index contributed by atoms with van der Waals surface area (Å²) in [6.45, 7) is 0. The SMILES string of the molecule is COc1ccc(OC)c(C=c2sc3nc(=O)c(Cc4ccc(Cl)cc4)nn3c2=O)c1. The van der Waals surface area contributed by atoms with Crippen molar-refractivity contribution in [2.24, 2.45) is 0 Å². The number of aromatic nitrogens is 3. The van der Waals surface area contributed by atoms with Gasteiger partial charge in [-0.3, -0.25) is 9.59 Å². The zero-order chi connectivity index (χ0) is 21.3. The minimum absolute atomic E-state index is 0.190. The average molecular weight is 442 g/mol. The highest BCUT2D eigenvalue weighted by atomic mass is 35.5. The molecule has 2 aromatic carbocycles. The number of rotatable bonds is 5. The molecule has 4 rings (SSSR count). The van der Waals surface area contributed by atoms with E-state index in [0.29, 0.717) is 26.6 Å². The molecular formula is C21H16ClN3O4S. The molecule has 0 spiro atoms. The number of halogens is 1. The predicted octanol–water partition coefficient (Wildman–Crippen LogP) is 2.32. The van der Waals surface area contributed by atoms with E-state index in [1.165, 1.54) is 0 Å². The van der Waals surface area contributed by atoms with Gasteiger partial charge < -0.3 is 9.47 Å². The summed E-state index contributed by atoms with van der Waals surface area (Å²) in [5, 5.41) is 4.86. The van der Waals surface area contributed by atoms with Crippen molar-refractivity contribution in [3.8, 4) is 11.5 Å². The second-order valence-electron chi connectivity index (χ2n) is 6.38. The van der Waals surface area contributed by atoms with Crippen molar-refractivity contribution in [3.05, 3.63) is 89.5 Å². The minimum Gasteiger partial charge on any atom is -0.497 e. The number of ether oxygens (including phenoxy) is 2. The van der Waals surface area contributed by atoms with Crippen molar-refractivity contribution in [2.45, 2.75) is 6.42 Å². The Hall–Kier alpha value is -3.23. The third-order valence-electron chi connectivity index (χ3n) is 4.46. The first-order valence-electron chi connectivity index (χ1n) is 8.89. The van der Waals surface area contributed by atoms with Crippen molar-refractivity contribution < 1.29 is 9.47 Å². The molecule has 152 valence electrons. The summed E-state index contributed by atoms with van der Waals surface area (Å²) in [7, 11) is 3.11. The van der Waals surface area contributed by atoms with Crippen LogP contribution in [-0.2, 0) is 6.42 Å². The molecule has 0 saturated carbocycles. The Balaban J connectivity index is 1.82. The molecule has 0 N–H and O–H groups in total. The first-order chi connectivity index (χ1) is 14.5. The molecule has 0 radical (unpaired) electrons. The lowest BCUT2D eigenvalue weighted by Gasteiger charge is -2.06. The molecule has 0 fully saturated rings. The molecule has 0 aliphatic carbocycles. The number of benzene rings is 2. The van der Waals surface area contributed by atoms with Crippen LogP contribution in [0.25, 0.3) is 11.0 Å². The summed E-state index contributed by atoms with van der Waals surface area (Å²) >= 11 is 6.99. The van der Waals surface area contributed by atoms with Crippen LogP contribution in [0.2, 0.25) is 5.02 Å². The Morgan fingerprint density at radius 3 is 2.57 bits per heavy atom. The first kappa shape index (κ1) is 20.1. The van der Waals surface area contributed by atoms with Crippen LogP contribution in [0.3, 0.4) is 0 Å². The number of fused-ring (bicyclic) bond motifs is 1. The quantitative estimate of drug-likeness (QED) is 0.472. The number of methoxy groups -OCH3 is 2. The highest BCUT2D eigenvalue weighted by Gasteiger charge is 2.12. The predicted molar refractivity (Wildman–Crippen MR) is 116 cm³/mol. The molecular weight excluding hydrogens is 426 g/mol. The fraction of sp³-hybridized carbons (Fsp3) is 0.143. The van der Waals surface area contributed by atoms with Gasteiger partial charge in [-0.15, -0.1) is 0 Å². The lowest BCUT2D eigenvalue weighted by atomic mass is 10.1. The normalized spacial score (nSPS) is 11.8. The summed E-state index contributed by atoms with van der Waals surface area (Å²) in [5.74, 6) is 1.22. The van der Waals surface area contributed by atoms with Gasteiger partial charge in [0.2, 0.25) is 4.96 Å². The second-order valence-corrected chi connectivity index (χ2v) is 7.83. The molecule has 2 aromatic heterocycles. The molecule has 2 heterocycles. The van der Waals surface area contributed by atoms with Crippen molar-refractivity contribution >= 4 is 34.0 Å². The molecule has 0 saturated heterocycles. The molecule has 0 atom stereocenters. The summed E-state index contributed by atoms with van der Waals surface area (Å²) in [6, 6.07) is 12.4. The Morgan fingerprint density at radius 2 is 1.87 bits per heavy atom. The molecule has 0 unspecified atom stereocenters. The van der Waals surface area contributed by atoms with Crippen molar-refractivity contribution in [1.29, 1.82) is 0 Å². The van der Waals surface area contributed by atoms with Gasteiger partial charge in [0.1, 0.15) is 17.2 Å². The number of hydrogen-bond donors (Lipinski definition) is 0. The van der Waals surface area contributed by atoms with Crippen LogP contribution in [0.1, 0.15) is 16.8 Å². The zero-order valence-electron chi connectivity index (χ0n) is 16.1. The number of hydrogen-bond acceptors (Lipinski definition) is 7. The Bertz CT molecular complexity index is 1400. The highest BCUT2D eigenvalue weighted by molar-refractivity contribution is 7.15. The summed E-state index contributed by atoms with van der Waals surface area (Å²) in [6.07, 6.45) is 1.93. The minimum atomic E-state index is -0.461. The van der Waals surface area contributed by atoms with E-state index < -0.39 is 5.56 Å². The Labute approximate surface area is 179 Å². The van der Waals surface area contributed by atoms with Crippen LogP contribution in [0, 0.1) is 0 Å². The second kappa shape index (κ2) is 8.25. The summed E-state index contributed by atoms with van der Waals surface area (Å²) in [5.41, 5.74) is 0.892. The Kier molecular flexibility index (Phi) is 5.52. The van der Waals surface area contributed by atoms with Crippen LogP contribution in [0.5, 0.6) is 11.5 Å². The van der Waals surface area contributed by atoms with Gasteiger partial charge in [-0.05, 0) is 42.0 Å². The maximum atomic E-state index is 12.9. The fourth-order valence-corrected chi connectivity index (χ4v) is 3.96. The van der Waals surface area contributed by atoms with Crippen molar-refractivity contribution in [2.75, 3.05) is 14.2 Å². The highest BCUT2D eigenvalue weighted by Crippen LogP contribution is 2.24. The van der Waals surface area contributed by atoms with E-state index in [4.69, 9.17) is 21.1 Å². The van der Waals surface area contributed by atoms with E-state index in [1.807, 2.05) is 0 Å². The van der Waals surface area contributed by atoms with Gasteiger partial charge in [0.05, 0.1) is 18.8 Å². The van der Waals surface area contributed by atoms with Gasteiger partial charge >= 0.3 is 0 Å². The van der Waals surface area contributed by atoms with Gasteiger partial charge in [0.15, 0.2) is 0 Å². The molecule has 0 aliphatic heterocycles. The first-order valence-corrected chi connectivity index (χ1v) is 10.1. The van der Waals surface area contributed by atoms with Gasteiger partial charge in [0.25, 0.3) is 11.1 Å². The van der Waals surface area contributed by atoms with E-state index in [9.17, 15) is 9.59 Å². The Morgan fingerprint density at radius 1 is 1.10 bits per heavy atom. The lowest BCUT2D eigenvalue weighted by molar-refractivity contribution is 0.402. The van der Waals surface area contributed by atoms with Crippen LogP contribution in [0.4, 0.5) is 0 Å². The smallest absolute Gasteiger partial charge is 0.296 e. The fourth-order valence-electron chi connectivity index (χ4n) is 2.94. The summed E-state index contributed by atoms with van der Waals surface area (Å²) < 4.78 is 12.2. The standard InChI is InChI=1S/C21H16ClN3O4S/c1-28-15-7-8-17(29-2)13(10-15)11-18-20(27)25-21(30-18)23-19(26)16(24-25)9-12-3-5-14(22)6-4-12/h3-8,10-11H,9H2,1-2H3. The van der Waals surface area contributed by atoms with Gasteiger partial charge in [-0.1, -0.05) is 35.1 Å². The monoisotopic (exact) mass is 441 g/mol. The largest absolute Gasteiger partial charge is 0.497 e. The average Bonchev–Trinajstić information content (AvgIpc) is 3.04. The van der Waals surface area contributed by atoms with Gasteiger partial charge in [-0.2, -0.15) is 14.6 Å². The number of nitrogens with zero attached hydrogens (tertiary/aromatic N) is 3. The zero-order valence-corrected chi connectivity index (χ0v) is 17.7. The molecule has 4 aromatic rings. The van der Waals surface area contributed by atoms with E-state index in [0.717, 1.165) is 21.4 Å². The number of thiazole rings is 1. The molecule has 0 amide bonds. The van der Waals surface area contributed by atoms with Crippen LogP contribution in [-0.4, -0.2) is 28.8 Å². The van der Waals surface area contributed by atoms with Crippen LogP contribution < -0.4 is 25.1 Å². The van der Waals surface area contributed by atoms with E-state index in [-0.39, 0.29) is 22.6 Å². The van der Waals surface area contributed by atoms with E-state index >= 15 is 0 Å². The topological polar surface area (TPSA) is 82.8 Å². The third kappa shape index (κ3) is 3.92. The lowest BCUT2D eigenvalue weighted by Crippen LogP contribution is -2.28. The molecule has 0 aliphatic rings.